The highest BCUT2D eigenvalue weighted by molar-refractivity contribution is 9.09. The third-order valence-corrected chi connectivity index (χ3v) is 4.24. The summed E-state index contributed by atoms with van der Waals surface area (Å²) in [6, 6.07) is 6.02. The largest absolute Gasteiger partial charge is 0.351 e. The van der Waals surface area contributed by atoms with Crippen molar-refractivity contribution in [2.75, 3.05) is 11.9 Å². The number of carbonyl (C=O) groups is 1. The summed E-state index contributed by atoms with van der Waals surface area (Å²) in [4.78, 5) is 12.2. The van der Waals surface area contributed by atoms with Crippen LogP contribution < -0.4 is 5.32 Å². The van der Waals surface area contributed by atoms with Gasteiger partial charge in [-0.15, -0.1) is 0 Å². The monoisotopic (exact) mass is 309 g/mol. The molecule has 18 heavy (non-hydrogen) atoms. The molecule has 0 saturated heterocycles. The molecule has 0 aliphatic heterocycles. The maximum Gasteiger partial charge on any atom is 0.251 e. The highest BCUT2D eigenvalue weighted by Crippen LogP contribution is 2.48. The Balaban J connectivity index is 1.98. The number of halogens is 1. The van der Waals surface area contributed by atoms with Crippen LogP contribution in [0.5, 0.6) is 0 Å². The summed E-state index contributed by atoms with van der Waals surface area (Å²) in [6.07, 6.45) is 3.64. The Hall–Kier alpha value is -0.830. The summed E-state index contributed by atoms with van der Waals surface area (Å²) < 4.78 is 0. The van der Waals surface area contributed by atoms with Crippen molar-refractivity contribution in [2.45, 2.75) is 33.1 Å². The van der Waals surface area contributed by atoms with Crippen LogP contribution in [0.15, 0.2) is 18.2 Å². The number of alkyl halides is 1. The number of hydrogen-bond donors (Lipinski definition) is 1. The van der Waals surface area contributed by atoms with Crippen molar-refractivity contribution in [3.8, 4) is 0 Å². The molecule has 0 unspecified atom stereocenters. The summed E-state index contributed by atoms with van der Waals surface area (Å²) in [5, 5.41) is 4.11. The average Bonchev–Trinajstić information content (AvgIpc) is 3.10. The van der Waals surface area contributed by atoms with Crippen LogP contribution in [-0.2, 0) is 0 Å². The lowest BCUT2D eigenvalue weighted by Crippen LogP contribution is -2.31. The maximum atomic E-state index is 12.2. The zero-order valence-corrected chi connectivity index (χ0v) is 12.6. The smallest absolute Gasteiger partial charge is 0.251 e. The second-order valence-corrected chi connectivity index (χ2v) is 6.23. The lowest BCUT2D eigenvalue weighted by Gasteiger charge is -2.15. The number of rotatable bonds is 5. The highest BCUT2D eigenvalue weighted by Gasteiger charge is 2.41. The van der Waals surface area contributed by atoms with Crippen molar-refractivity contribution in [2.24, 2.45) is 5.41 Å². The molecule has 0 radical (unpaired) electrons. The Bertz CT molecular complexity index is 452. The van der Waals surface area contributed by atoms with Gasteiger partial charge in [0.1, 0.15) is 0 Å². The van der Waals surface area contributed by atoms with E-state index in [4.69, 9.17) is 0 Å². The van der Waals surface area contributed by atoms with Gasteiger partial charge in [0.15, 0.2) is 0 Å². The molecule has 1 fully saturated rings. The Morgan fingerprint density at radius 1 is 1.39 bits per heavy atom. The summed E-state index contributed by atoms with van der Waals surface area (Å²) >= 11 is 3.49. The number of hydrogen-bond acceptors (Lipinski definition) is 1. The van der Waals surface area contributed by atoms with Crippen LogP contribution in [0, 0.1) is 19.3 Å². The molecular formula is C15H20BrNO. The standard InChI is InChI=1S/C15H20BrNO/c1-11-3-4-12(2)13(9-11)14(18)17-10-15(5-6-15)7-8-16/h3-4,9H,5-8,10H2,1-2H3,(H,17,18). The fourth-order valence-electron chi connectivity index (χ4n) is 2.24. The molecule has 0 heterocycles. The van der Waals surface area contributed by atoms with Gasteiger partial charge in [0.25, 0.3) is 5.91 Å². The van der Waals surface area contributed by atoms with E-state index in [-0.39, 0.29) is 5.91 Å². The average molecular weight is 310 g/mol. The molecular weight excluding hydrogens is 290 g/mol. The van der Waals surface area contributed by atoms with Gasteiger partial charge in [-0.2, -0.15) is 0 Å². The van der Waals surface area contributed by atoms with E-state index in [9.17, 15) is 4.79 Å². The van der Waals surface area contributed by atoms with Crippen molar-refractivity contribution in [3.63, 3.8) is 0 Å². The molecule has 3 heteroatoms. The molecule has 1 N–H and O–H groups in total. The molecule has 1 aromatic rings. The zero-order chi connectivity index (χ0) is 13.2. The number of nitrogens with one attached hydrogen (secondary N) is 1. The highest BCUT2D eigenvalue weighted by atomic mass is 79.9. The molecule has 1 aliphatic rings. The molecule has 1 aliphatic carbocycles. The van der Waals surface area contributed by atoms with Gasteiger partial charge < -0.3 is 5.32 Å². The lowest BCUT2D eigenvalue weighted by atomic mass is 10.0. The van der Waals surface area contributed by atoms with Gasteiger partial charge >= 0.3 is 0 Å². The minimum absolute atomic E-state index is 0.0667. The molecule has 0 aromatic heterocycles. The first-order valence-corrected chi connectivity index (χ1v) is 7.60. The van der Waals surface area contributed by atoms with Crippen molar-refractivity contribution in [1.82, 2.24) is 5.32 Å². The van der Waals surface area contributed by atoms with Gasteiger partial charge in [-0.1, -0.05) is 33.6 Å². The maximum absolute atomic E-state index is 12.2. The van der Waals surface area contributed by atoms with Crippen molar-refractivity contribution >= 4 is 21.8 Å². The first-order chi connectivity index (χ1) is 8.56. The predicted octanol–water partition coefficient (Wildman–Crippen LogP) is 3.60. The van der Waals surface area contributed by atoms with E-state index in [0.29, 0.717) is 5.41 Å². The third kappa shape index (κ3) is 3.14. The first kappa shape index (κ1) is 13.6. The molecule has 98 valence electrons. The lowest BCUT2D eigenvalue weighted by molar-refractivity contribution is 0.0944. The van der Waals surface area contributed by atoms with Gasteiger partial charge in [-0.3, -0.25) is 4.79 Å². The molecule has 2 nitrogen and oxygen atoms in total. The van der Waals surface area contributed by atoms with E-state index < -0.39 is 0 Å². The van der Waals surface area contributed by atoms with E-state index in [2.05, 4.69) is 21.2 Å². The van der Waals surface area contributed by atoms with Gasteiger partial charge in [0.05, 0.1) is 0 Å². The zero-order valence-electron chi connectivity index (χ0n) is 11.1. The molecule has 1 aromatic carbocycles. The minimum Gasteiger partial charge on any atom is -0.351 e. The molecule has 2 rings (SSSR count). The van der Waals surface area contributed by atoms with Crippen molar-refractivity contribution in [3.05, 3.63) is 34.9 Å². The third-order valence-electron chi connectivity index (χ3n) is 3.84. The molecule has 0 spiro atoms. The topological polar surface area (TPSA) is 29.1 Å². The predicted molar refractivity (Wildman–Crippen MR) is 78.3 cm³/mol. The van der Waals surface area contributed by atoms with Gasteiger partial charge in [-0.05, 0) is 50.2 Å². The summed E-state index contributed by atoms with van der Waals surface area (Å²) in [5.74, 6) is 0.0667. The van der Waals surface area contributed by atoms with Crippen LogP contribution in [0.3, 0.4) is 0 Å². The van der Waals surface area contributed by atoms with E-state index in [1.807, 2.05) is 32.0 Å². The van der Waals surface area contributed by atoms with E-state index in [0.717, 1.165) is 35.0 Å². The minimum atomic E-state index is 0.0667. The van der Waals surface area contributed by atoms with Crippen LogP contribution in [0.2, 0.25) is 0 Å². The van der Waals surface area contributed by atoms with Crippen LogP contribution >= 0.6 is 15.9 Å². The summed E-state index contributed by atoms with van der Waals surface area (Å²) in [6.45, 7) is 4.81. The SMILES string of the molecule is Cc1ccc(C)c(C(=O)NCC2(CCBr)CC2)c1. The van der Waals surface area contributed by atoms with E-state index in [1.165, 1.54) is 12.8 Å². The molecule has 0 atom stereocenters. The molecule has 1 amide bonds. The number of benzene rings is 1. The van der Waals surface area contributed by atoms with Crippen LogP contribution in [0.25, 0.3) is 0 Å². The fourth-order valence-corrected chi connectivity index (χ4v) is 3.08. The van der Waals surface area contributed by atoms with Crippen LogP contribution in [0.1, 0.15) is 40.7 Å². The van der Waals surface area contributed by atoms with Crippen LogP contribution in [0.4, 0.5) is 0 Å². The Kier molecular flexibility index (Phi) is 4.10. The van der Waals surface area contributed by atoms with Crippen molar-refractivity contribution < 1.29 is 4.79 Å². The quantitative estimate of drug-likeness (QED) is 0.827. The second kappa shape index (κ2) is 5.43. The van der Waals surface area contributed by atoms with Gasteiger partial charge in [-0.25, -0.2) is 0 Å². The normalized spacial score (nSPS) is 16.4. The number of aryl methyl sites for hydroxylation is 2. The Morgan fingerprint density at radius 2 is 2.11 bits per heavy atom. The number of amides is 1. The van der Waals surface area contributed by atoms with Crippen LogP contribution in [-0.4, -0.2) is 17.8 Å². The van der Waals surface area contributed by atoms with Crippen molar-refractivity contribution in [1.29, 1.82) is 0 Å². The van der Waals surface area contributed by atoms with Gasteiger partial charge in [0.2, 0.25) is 0 Å². The summed E-state index contributed by atoms with van der Waals surface area (Å²) in [5.41, 5.74) is 3.36. The Labute approximate surface area is 117 Å². The molecule has 0 bridgehead atoms. The molecule has 1 saturated carbocycles. The Morgan fingerprint density at radius 3 is 2.72 bits per heavy atom. The fraction of sp³-hybridized carbons (Fsp3) is 0.533. The number of carbonyl (C=O) groups excluding carboxylic acids is 1. The second-order valence-electron chi connectivity index (χ2n) is 5.44. The summed E-state index contributed by atoms with van der Waals surface area (Å²) in [7, 11) is 0. The van der Waals surface area contributed by atoms with E-state index >= 15 is 0 Å². The van der Waals surface area contributed by atoms with Gasteiger partial charge in [0, 0.05) is 17.4 Å². The first-order valence-electron chi connectivity index (χ1n) is 6.48. The van der Waals surface area contributed by atoms with E-state index in [1.54, 1.807) is 0 Å².